The van der Waals surface area contributed by atoms with Crippen molar-refractivity contribution in [1.29, 1.82) is 0 Å². The molecule has 0 saturated heterocycles. The molecule has 0 saturated carbocycles. The second-order valence-electron chi connectivity index (χ2n) is 3.34. The van der Waals surface area contributed by atoms with Gasteiger partial charge in [0.1, 0.15) is 0 Å². The standard InChI is InChI=1S/C8H20N2O2S/c1-8(2)10-6-4-5-7-13(11,12)9-3/h8-10H,4-7H2,1-3H3. The fourth-order valence-corrected chi connectivity index (χ4v) is 1.70. The second kappa shape index (κ2) is 6.34. The number of nitrogens with one attached hydrogen (secondary N) is 2. The highest BCUT2D eigenvalue weighted by molar-refractivity contribution is 7.89. The monoisotopic (exact) mass is 208 g/mol. The van der Waals surface area contributed by atoms with E-state index in [2.05, 4.69) is 23.9 Å². The van der Waals surface area contributed by atoms with E-state index in [0.29, 0.717) is 12.5 Å². The van der Waals surface area contributed by atoms with Crippen LogP contribution in [0.4, 0.5) is 0 Å². The van der Waals surface area contributed by atoms with Gasteiger partial charge >= 0.3 is 0 Å². The lowest BCUT2D eigenvalue weighted by Gasteiger charge is -2.07. The topological polar surface area (TPSA) is 58.2 Å². The third-order valence-electron chi connectivity index (χ3n) is 1.70. The summed E-state index contributed by atoms with van der Waals surface area (Å²) in [6.45, 7) is 5.03. The van der Waals surface area contributed by atoms with Crippen LogP contribution in [0.2, 0.25) is 0 Å². The summed E-state index contributed by atoms with van der Waals surface area (Å²) in [6, 6.07) is 0.473. The molecule has 0 aliphatic carbocycles. The molecule has 0 atom stereocenters. The molecule has 4 nitrogen and oxygen atoms in total. The maximum atomic E-state index is 11.0. The summed E-state index contributed by atoms with van der Waals surface area (Å²) in [5.74, 6) is 0.225. The second-order valence-corrected chi connectivity index (χ2v) is 5.38. The van der Waals surface area contributed by atoms with E-state index in [-0.39, 0.29) is 5.75 Å². The molecule has 0 aromatic heterocycles. The molecule has 0 rings (SSSR count). The molecule has 0 radical (unpaired) electrons. The summed E-state index contributed by atoms with van der Waals surface area (Å²) in [4.78, 5) is 0. The molecular formula is C8H20N2O2S. The number of hydrogen-bond donors (Lipinski definition) is 2. The molecule has 0 aromatic rings. The maximum absolute atomic E-state index is 11.0. The van der Waals surface area contributed by atoms with Gasteiger partial charge in [0.2, 0.25) is 10.0 Å². The Balaban J connectivity index is 3.37. The van der Waals surface area contributed by atoms with Gasteiger partial charge in [-0.15, -0.1) is 0 Å². The predicted molar refractivity (Wildman–Crippen MR) is 55.2 cm³/mol. The van der Waals surface area contributed by atoms with Crippen LogP contribution in [0.5, 0.6) is 0 Å². The summed E-state index contributed by atoms with van der Waals surface area (Å²) in [5.41, 5.74) is 0. The first kappa shape index (κ1) is 12.9. The van der Waals surface area contributed by atoms with E-state index in [1.165, 1.54) is 7.05 Å². The Morgan fingerprint density at radius 1 is 1.23 bits per heavy atom. The van der Waals surface area contributed by atoms with Gasteiger partial charge < -0.3 is 5.32 Å². The van der Waals surface area contributed by atoms with Crippen LogP contribution in [0.1, 0.15) is 26.7 Å². The molecule has 5 heteroatoms. The van der Waals surface area contributed by atoms with Crippen LogP contribution in [0.25, 0.3) is 0 Å². The first-order valence-electron chi connectivity index (χ1n) is 4.62. The van der Waals surface area contributed by atoms with E-state index < -0.39 is 10.0 Å². The fraction of sp³-hybridized carbons (Fsp3) is 1.00. The number of hydrogen-bond acceptors (Lipinski definition) is 3. The van der Waals surface area contributed by atoms with Gasteiger partial charge in [-0.1, -0.05) is 13.8 Å². The molecule has 13 heavy (non-hydrogen) atoms. The van der Waals surface area contributed by atoms with E-state index in [0.717, 1.165) is 13.0 Å². The Morgan fingerprint density at radius 2 is 1.85 bits per heavy atom. The summed E-state index contributed by atoms with van der Waals surface area (Å²) in [7, 11) is -1.55. The fourth-order valence-electron chi connectivity index (χ4n) is 0.910. The van der Waals surface area contributed by atoms with Crippen LogP contribution in [-0.4, -0.2) is 33.8 Å². The molecule has 0 aromatic carbocycles. The van der Waals surface area contributed by atoms with Crippen molar-refractivity contribution >= 4 is 10.0 Å². The van der Waals surface area contributed by atoms with Crippen LogP contribution in [0.15, 0.2) is 0 Å². The first-order valence-corrected chi connectivity index (χ1v) is 6.28. The lowest BCUT2D eigenvalue weighted by atomic mass is 10.3. The molecular weight excluding hydrogens is 188 g/mol. The highest BCUT2D eigenvalue weighted by Gasteiger charge is 2.05. The van der Waals surface area contributed by atoms with E-state index in [1.807, 2.05) is 0 Å². The molecule has 0 amide bonds. The zero-order valence-electron chi connectivity index (χ0n) is 8.63. The molecule has 0 aliphatic rings. The predicted octanol–water partition coefficient (Wildman–Crippen LogP) is 0.314. The van der Waals surface area contributed by atoms with Crippen molar-refractivity contribution in [3.05, 3.63) is 0 Å². The van der Waals surface area contributed by atoms with Crippen molar-refractivity contribution in [1.82, 2.24) is 10.0 Å². The smallest absolute Gasteiger partial charge is 0.211 e. The third kappa shape index (κ3) is 8.21. The van der Waals surface area contributed by atoms with Gasteiger partial charge in [0, 0.05) is 6.04 Å². The molecule has 2 N–H and O–H groups in total. The van der Waals surface area contributed by atoms with Crippen molar-refractivity contribution in [2.24, 2.45) is 0 Å². The number of unbranched alkanes of at least 4 members (excludes halogenated alkanes) is 1. The minimum absolute atomic E-state index is 0.225. The van der Waals surface area contributed by atoms with Gasteiger partial charge in [-0.3, -0.25) is 0 Å². The van der Waals surface area contributed by atoms with Crippen molar-refractivity contribution in [2.75, 3.05) is 19.3 Å². The van der Waals surface area contributed by atoms with Gasteiger partial charge in [-0.05, 0) is 26.4 Å². The summed E-state index contributed by atoms with van der Waals surface area (Å²) < 4.78 is 24.2. The van der Waals surface area contributed by atoms with Crippen molar-refractivity contribution < 1.29 is 8.42 Å². The number of sulfonamides is 1. The van der Waals surface area contributed by atoms with Gasteiger partial charge in [0.05, 0.1) is 5.75 Å². The molecule has 0 fully saturated rings. The number of rotatable bonds is 7. The van der Waals surface area contributed by atoms with Gasteiger partial charge in [-0.25, -0.2) is 13.1 Å². The molecule has 0 spiro atoms. The zero-order valence-corrected chi connectivity index (χ0v) is 9.45. The quantitative estimate of drug-likeness (QED) is 0.592. The van der Waals surface area contributed by atoms with Crippen molar-refractivity contribution in [3.8, 4) is 0 Å². The normalized spacial score (nSPS) is 12.3. The lowest BCUT2D eigenvalue weighted by Crippen LogP contribution is -2.25. The van der Waals surface area contributed by atoms with Crippen LogP contribution in [-0.2, 0) is 10.0 Å². The van der Waals surface area contributed by atoms with Gasteiger partial charge in [-0.2, -0.15) is 0 Å². The molecule has 0 aliphatic heterocycles. The third-order valence-corrected chi connectivity index (χ3v) is 3.15. The van der Waals surface area contributed by atoms with Gasteiger partial charge in [0.15, 0.2) is 0 Å². The average Bonchev–Trinajstić information content (AvgIpc) is 2.03. The SMILES string of the molecule is CNS(=O)(=O)CCCCNC(C)C. The van der Waals surface area contributed by atoms with E-state index in [4.69, 9.17) is 0 Å². The Labute approximate surface area is 81.2 Å². The first-order chi connectivity index (χ1) is 5.98. The van der Waals surface area contributed by atoms with Crippen molar-refractivity contribution in [2.45, 2.75) is 32.7 Å². The Hall–Kier alpha value is -0.130. The Bertz CT molecular complexity index is 212. The highest BCUT2D eigenvalue weighted by atomic mass is 32.2. The Kier molecular flexibility index (Phi) is 6.28. The van der Waals surface area contributed by atoms with E-state index in [9.17, 15) is 8.42 Å². The van der Waals surface area contributed by atoms with Crippen LogP contribution in [0.3, 0.4) is 0 Å². The largest absolute Gasteiger partial charge is 0.315 e. The van der Waals surface area contributed by atoms with Gasteiger partial charge in [0.25, 0.3) is 0 Å². The van der Waals surface area contributed by atoms with E-state index >= 15 is 0 Å². The minimum Gasteiger partial charge on any atom is -0.315 e. The summed E-state index contributed by atoms with van der Waals surface area (Å²) in [5, 5.41) is 3.23. The molecule has 80 valence electrons. The van der Waals surface area contributed by atoms with Crippen LogP contribution < -0.4 is 10.0 Å². The van der Waals surface area contributed by atoms with E-state index in [1.54, 1.807) is 0 Å². The van der Waals surface area contributed by atoms with Crippen molar-refractivity contribution in [3.63, 3.8) is 0 Å². The highest BCUT2D eigenvalue weighted by Crippen LogP contribution is 1.93. The lowest BCUT2D eigenvalue weighted by molar-refractivity contribution is 0.557. The summed E-state index contributed by atoms with van der Waals surface area (Å²) >= 11 is 0. The summed E-state index contributed by atoms with van der Waals surface area (Å²) in [6.07, 6.45) is 1.61. The molecule has 0 unspecified atom stereocenters. The maximum Gasteiger partial charge on any atom is 0.211 e. The minimum atomic E-state index is -3.00. The molecule has 0 heterocycles. The van der Waals surface area contributed by atoms with Crippen LogP contribution >= 0.6 is 0 Å². The zero-order chi connectivity index (χ0) is 10.3. The average molecular weight is 208 g/mol. The Morgan fingerprint density at radius 3 is 2.31 bits per heavy atom. The van der Waals surface area contributed by atoms with Crippen LogP contribution in [0, 0.1) is 0 Å². The molecule has 0 bridgehead atoms.